The highest BCUT2D eigenvalue weighted by Gasteiger charge is 2.20. The van der Waals surface area contributed by atoms with E-state index in [0.717, 1.165) is 30.2 Å². The van der Waals surface area contributed by atoms with Crippen LogP contribution in [0.4, 0.5) is 5.69 Å². The zero-order valence-corrected chi connectivity index (χ0v) is 11.2. The zero-order valence-electron chi connectivity index (χ0n) is 11.2. The van der Waals surface area contributed by atoms with E-state index in [0.29, 0.717) is 19.6 Å². The molecule has 0 aliphatic heterocycles. The molecule has 4 heteroatoms. The summed E-state index contributed by atoms with van der Waals surface area (Å²) in [7, 11) is 0. The van der Waals surface area contributed by atoms with Crippen LogP contribution < -0.4 is 11.1 Å². The van der Waals surface area contributed by atoms with Gasteiger partial charge in [-0.2, -0.15) is 0 Å². The van der Waals surface area contributed by atoms with Gasteiger partial charge >= 0.3 is 0 Å². The molecule has 3 N–H and O–H groups in total. The summed E-state index contributed by atoms with van der Waals surface area (Å²) in [5.74, 6) is 0.869. The van der Waals surface area contributed by atoms with Crippen molar-refractivity contribution in [2.24, 2.45) is 11.7 Å². The molecule has 0 unspecified atom stereocenters. The van der Waals surface area contributed by atoms with Gasteiger partial charge in [-0.05, 0) is 30.0 Å². The summed E-state index contributed by atoms with van der Waals surface area (Å²) in [6, 6.07) is 7.59. The second-order valence-electron chi connectivity index (χ2n) is 5.05. The Morgan fingerprint density at radius 2 is 2.21 bits per heavy atom. The summed E-state index contributed by atoms with van der Waals surface area (Å²) >= 11 is 0. The smallest absolute Gasteiger partial charge is 0.226 e. The van der Waals surface area contributed by atoms with Crippen molar-refractivity contribution >= 4 is 11.6 Å². The Bertz CT molecular complexity index is 416. The van der Waals surface area contributed by atoms with Crippen molar-refractivity contribution in [1.29, 1.82) is 0 Å². The highest BCUT2D eigenvalue weighted by Crippen LogP contribution is 2.32. The van der Waals surface area contributed by atoms with Crippen LogP contribution in [0.3, 0.4) is 0 Å². The third-order valence-electron chi connectivity index (χ3n) is 3.29. The molecule has 104 valence electrons. The van der Waals surface area contributed by atoms with Gasteiger partial charge in [-0.1, -0.05) is 25.0 Å². The zero-order chi connectivity index (χ0) is 13.5. The van der Waals surface area contributed by atoms with Crippen molar-refractivity contribution in [1.82, 2.24) is 0 Å². The monoisotopic (exact) mass is 262 g/mol. The van der Waals surface area contributed by atoms with Crippen molar-refractivity contribution in [3.8, 4) is 0 Å². The maximum absolute atomic E-state index is 11.7. The predicted molar refractivity (Wildman–Crippen MR) is 75.7 cm³/mol. The van der Waals surface area contributed by atoms with Crippen molar-refractivity contribution in [2.75, 3.05) is 18.5 Å². The van der Waals surface area contributed by atoms with Gasteiger partial charge in [-0.25, -0.2) is 0 Å². The summed E-state index contributed by atoms with van der Waals surface area (Å²) in [6.07, 6.45) is 4.24. The largest absolute Gasteiger partial charge is 0.381 e. The Morgan fingerprint density at radius 3 is 2.95 bits per heavy atom. The number of amides is 1. The molecule has 1 fully saturated rings. The van der Waals surface area contributed by atoms with E-state index in [9.17, 15) is 4.79 Å². The van der Waals surface area contributed by atoms with E-state index in [2.05, 4.69) is 5.32 Å². The molecule has 1 aromatic rings. The molecule has 19 heavy (non-hydrogen) atoms. The van der Waals surface area contributed by atoms with Gasteiger partial charge in [-0.3, -0.25) is 4.79 Å². The summed E-state index contributed by atoms with van der Waals surface area (Å²) in [4.78, 5) is 11.7. The lowest BCUT2D eigenvalue weighted by Crippen LogP contribution is -2.14. The molecule has 2 rings (SSSR count). The minimum Gasteiger partial charge on any atom is -0.381 e. The van der Waals surface area contributed by atoms with Crippen molar-refractivity contribution in [3.63, 3.8) is 0 Å². The van der Waals surface area contributed by atoms with E-state index < -0.39 is 0 Å². The van der Waals surface area contributed by atoms with E-state index in [1.54, 1.807) is 0 Å². The Hall–Kier alpha value is -1.39. The molecule has 0 aromatic heterocycles. The first-order chi connectivity index (χ1) is 9.28. The molecule has 0 atom stereocenters. The van der Waals surface area contributed by atoms with Gasteiger partial charge in [0.25, 0.3) is 0 Å². The number of rotatable bonds is 8. The summed E-state index contributed by atoms with van der Waals surface area (Å²) in [5, 5.41) is 2.85. The van der Waals surface area contributed by atoms with Crippen LogP contribution >= 0.6 is 0 Å². The topological polar surface area (TPSA) is 64.3 Å². The van der Waals surface area contributed by atoms with E-state index in [1.165, 1.54) is 12.8 Å². The van der Waals surface area contributed by atoms with Crippen LogP contribution in [0.2, 0.25) is 0 Å². The number of nitrogens with two attached hydrogens (primary N) is 1. The number of anilines is 1. The Labute approximate surface area is 114 Å². The summed E-state index contributed by atoms with van der Waals surface area (Å²) in [6.45, 7) is 1.75. The predicted octanol–water partition coefficient (Wildman–Crippen LogP) is 2.29. The molecule has 1 amide bonds. The van der Waals surface area contributed by atoms with Gasteiger partial charge in [0, 0.05) is 18.8 Å². The van der Waals surface area contributed by atoms with E-state index in [1.807, 2.05) is 24.3 Å². The second kappa shape index (κ2) is 7.26. The maximum atomic E-state index is 11.7. The molecule has 0 bridgehead atoms. The van der Waals surface area contributed by atoms with Gasteiger partial charge in [0.2, 0.25) is 5.91 Å². The van der Waals surface area contributed by atoms with Crippen molar-refractivity contribution in [3.05, 3.63) is 29.8 Å². The molecule has 0 heterocycles. The molecule has 1 aromatic carbocycles. The average molecular weight is 262 g/mol. The first-order valence-electron chi connectivity index (χ1n) is 6.94. The fraction of sp³-hybridized carbons (Fsp3) is 0.533. The number of carbonyl (C=O) groups excluding carboxylic acids is 1. The molecule has 0 saturated heterocycles. The van der Waals surface area contributed by atoms with E-state index in [-0.39, 0.29) is 5.91 Å². The number of benzene rings is 1. The van der Waals surface area contributed by atoms with Gasteiger partial charge < -0.3 is 15.8 Å². The quantitative estimate of drug-likeness (QED) is 0.706. The van der Waals surface area contributed by atoms with Gasteiger partial charge in [0.15, 0.2) is 0 Å². The van der Waals surface area contributed by atoms with Crippen LogP contribution in [0.5, 0.6) is 0 Å². The molecule has 4 nitrogen and oxygen atoms in total. The number of carbonyl (C=O) groups is 1. The lowest BCUT2D eigenvalue weighted by atomic mass is 10.2. The average Bonchev–Trinajstić information content (AvgIpc) is 3.22. The van der Waals surface area contributed by atoms with Crippen LogP contribution in [-0.4, -0.2) is 19.1 Å². The second-order valence-corrected chi connectivity index (χ2v) is 5.05. The standard InChI is InChI=1S/C15H22N2O2/c16-11-13-2-1-3-14(10-13)17-15(18)7-9-19-8-6-12-4-5-12/h1-3,10,12H,4-9,11,16H2,(H,17,18). The Morgan fingerprint density at radius 1 is 1.37 bits per heavy atom. The SMILES string of the molecule is NCc1cccc(NC(=O)CCOCCC2CC2)c1. The van der Waals surface area contributed by atoms with Crippen LogP contribution in [0.25, 0.3) is 0 Å². The molecule has 0 radical (unpaired) electrons. The van der Waals surface area contributed by atoms with Crippen LogP contribution in [0, 0.1) is 5.92 Å². The summed E-state index contributed by atoms with van der Waals surface area (Å²) < 4.78 is 5.46. The fourth-order valence-corrected chi connectivity index (χ4v) is 1.92. The van der Waals surface area contributed by atoms with E-state index >= 15 is 0 Å². The van der Waals surface area contributed by atoms with E-state index in [4.69, 9.17) is 10.5 Å². The highest BCUT2D eigenvalue weighted by molar-refractivity contribution is 5.90. The van der Waals surface area contributed by atoms with Gasteiger partial charge in [0.1, 0.15) is 0 Å². The molecular weight excluding hydrogens is 240 g/mol. The number of hydrogen-bond acceptors (Lipinski definition) is 3. The lowest BCUT2D eigenvalue weighted by Gasteiger charge is -2.07. The fourth-order valence-electron chi connectivity index (χ4n) is 1.92. The van der Waals surface area contributed by atoms with Gasteiger partial charge in [-0.15, -0.1) is 0 Å². The normalized spacial score (nSPS) is 14.4. The maximum Gasteiger partial charge on any atom is 0.226 e. The van der Waals surface area contributed by atoms with Crippen LogP contribution in [0.1, 0.15) is 31.2 Å². The Balaban J connectivity index is 1.62. The molecule has 0 spiro atoms. The van der Waals surface area contributed by atoms with Crippen molar-refractivity contribution < 1.29 is 9.53 Å². The molecule has 1 saturated carbocycles. The first kappa shape index (κ1) is 14.0. The Kier molecular flexibility index (Phi) is 5.36. The molecule has 1 aliphatic carbocycles. The molecular formula is C15H22N2O2. The van der Waals surface area contributed by atoms with Crippen LogP contribution in [-0.2, 0) is 16.1 Å². The number of ether oxygens (including phenoxy) is 1. The third kappa shape index (κ3) is 5.41. The third-order valence-corrected chi connectivity index (χ3v) is 3.29. The lowest BCUT2D eigenvalue weighted by molar-refractivity contribution is -0.117. The van der Waals surface area contributed by atoms with Crippen molar-refractivity contribution in [2.45, 2.75) is 32.2 Å². The number of nitrogens with one attached hydrogen (secondary N) is 1. The minimum atomic E-state index is -0.0133. The van der Waals surface area contributed by atoms with Gasteiger partial charge in [0.05, 0.1) is 13.0 Å². The number of hydrogen-bond donors (Lipinski definition) is 2. The minimum absolute atomic E-state index is 0.0133. The van der Waals surface area contributed by atoms with Crippen LogP contribution in [0.15, 0.2) is 24.3 Å². The highest BCUT2D eigenvalue weighted by atomic mass is 16.5. The summed E-state index contributed by atoms with van der Waals surface area (Å²) in [5.41, 5.74) is 7.37. The first-order valence-corrected chi connectivity index (χ1v) is 6.94. The molecule has 1 aliphatic rings.